The third-order valence-corrected chi connectivity index (χ3v) is 3.04. The summed E-state index contributed by atoms with van der Waals surface area (Å²) in [6, 6.07) is 8.09. The number of hydrogen-bond donors (Lipinski definition) is 1. The highest BCUT2D eigenvalue weighted by Crippen LogP contribution is 2.29. The van der Waals surface area contributed by atoms with Gasteiger partial charge in [-0.25, -0.2) is 0 Å². The van der Waals surface area contributed by atoms with Crippen LogP contribution in [0.2, 0.25) is 0 Å². The molecule has 1 aromatic rings. The molecule has 2 heteroatoms. The quantitative estimate of drug-likeness (QED) is 0.823. The van der Waals surface area contributed by atoms with E-state index in [1.807, 2.05) is 18.2 Å². The van der Waals surface area contributed by atoms with E-state index in [-0.39, 0.29) is 12.0 Å². The molecular formula is C13H18O2. The molecule has 82 valence electrons. The zero-order chi connectivity index (χ0) is 10.7. The molecule has 1 aromatic carbocycles. The first-order chi connectivity index (χ1) is 7.31. The SMILES string of the molecule is CCCC(O)C1COc2ccccc2C1. The van der Waals surface area contributed by atoms with Crippen molar-refractivity contribution in [2.75, 3.05) is 6.61 Å². The predicted octanol–water partition coefficient (Wildman–Crippen LogP) is 2.40. The van der Waals surface area contributed by atoms with Crippen molar-refractivity contribution in [1.29, 1.82) is 0 Å². The maximum absolute atomic E-state index is 9.92. The van der Waals surface area contributed by atoms with Gasteiger partial charge in [-0.1, -0.05) is 31.5 Å². The number of aliphatic hydroxyl groups excluding tert-OH is 1. The molecule has 2 atom stereocenters. The van der Waals surface area contributed by atoms with E-state index in [4.69, 9.17) is 4.74 Å². The smallest absolute Gasteiger partial charge is 0.122 e. The summed E-state index contributed by atoms with van der Waals surface area (Å²) in [6.45, 7) is 2.75. The van der Waals surface area contributed by atoms with Crippen LogP contribution in [-0.2, 0) is 6.42 Å². The largest absolute Gasteiger partial charge is 0.493 e. The summed E-state index contributed by atoms with van der Waals surface area (Å²) in [4.78, 5) is 0. The Morgan fingerprint density at radius 3 is 3.07 bits per heavy atom. The minimum atomic E-state index is -0.219. The Kier molecular flexibility index (Phi) is 3.27. The minimum absolute atomic E-state index is 0.219. The molecule has 1 aliphatic rings. The number of benzene rings is 1. The zero-order valence-electron chi connectivity index (χ0n) is 9.15. The molecule has 0 saturated carbocycles. The van der Waals surface area contributed by atoms with Crippen molar-refractivity contribution in [3.63, 3.8) is 0 Å². The zero-order valence-corrected chi connectivity index (χ0v) is 9.15. The number of ether oxygens (including phenoxy) is 1. The second-order valence-electron chi connectivity index (χ2n) is 4.24. The molecule has 0 spiro atoms. The topological polar surface area (TPSA) is 29.5 Å². The molecule has 0 bridgehead atoms. The van der Waals surface area contributed by atoms with E-state index in [1.54, 1.807) is 0 Å². The number of aliphatic hydroxyl groups is 1. The Labute approximate surface area is 90.9 Å². The lowest BCUT2D eigenvalue weighted by Gasteiger charge is -2.28. The van der Waals surface area contributed by atoms with Crippen LogP contribution >= 0.6 is 0 Å². The van der Waals surface area contributed by atoms with E-state index < -0.39 is 0 Å². The third kappa shape index (κ3) is 2.32. The van der Waals surface area contributed by atoms with Crippen molar-refractivity contribution < 1.29 is 9.84 Å². The molecule has 2 rings (SSSR count). The van der Waals surface area contributed by atoms with E-state index in [0.717, 1.165) is 25.0 Å². The fraction of sp³-hybridized carbons (Fsp3) is 0.538. The van der Waals surface area contributed by atoms with E-state index >= 15 is 0 Å². The summed E-state index contributed by atoms with van der Waals surface area (Å²) in [5.74, 6) is 1.25. The lowest BCUT2D eigenvalue weighted by atomic mass is 9.90. The molecule has 0 fully saturated rings. The van der Waals surface area contributed by atoms with Crippen molar-refractivity contribution in [3.05, 3.63) is 29.8 Å². The van der Waals surface area contributed by atoms with Crippen molar-refractivity contribution in [3.8, 4) is 5.75 Å². The molecule has 0 aliphatic carbocycles. The molecule has 0 radical (unpaired) electrons. The van der Waals surface area contributed by atoms with Gasteiger partial charge in [-0.3, -0.25) is 0 Å². The summed E-state index contributed by atoms with van der Waals surface area (Å²) in [6.07, 6.45) is 2.62. The van der Waals surface area contributed by atoms with Crippen LogP contribution in [0.1, 0.15) is 25.3 Å². The van der Waals surface area contributed by atoms with E-state index in [2.05, 4.69) is 13.0 Å². The summed E-state index contributed by atoms with van der Waals surface area (Å²) >= 11 is 0. The summed E-state index contributed by atoms with van der Waals surface area (Å²) in [7, 11) is 0. The first kappa shape index (κ1) is 10.5. The highest BCUT2D eigenvalue weighted by molar-refractivity contribution is 5.35. The standard InChI is InChI=1S/C13H18O2/c1-2-5-12(14)11-8-10-6-3-4-7-13(10)15-9-11/h3-4,6-7,11-12,14H,2,5,8-9H2,1H3. The van der Waals surface area contributed by atoms with Gasteiger partial charge in [0, 0.05) is 5.92 Å². The fourth-order valence-electron chi connectivity index (χ4n) is 2.13. The van der Waals surface area contributed by atoms with Crippen molar-refractivity contribution in [1.82, 2.24) is 0 Å². The number of hydrogen-bond acceptors (Lipinski definition) is 2. The van der Waals surface area contributed by atoms with Gasteiger partial charge in [-0.15, -0.1) is 0 Å². The molecule has 1 N–H and O–H groups in total. The molecular weight excluding hydrogens is 188 g/mol. The van der Waals surface area contributed by atoms with Crippen molar-refractivity contribution >= 4 is 0 Å². The molecule has 2 nitrogen and oxygen atoms in total. The third-order valence-electron chi connectivity index (χ3n) is 3.04. The van der Waals surface area contributed by atoms with E-state index in [0.29, 0.717) is 6.61 Å². The second kappa shape index (κ2) is 4.67. The first-order valence-corrected chi connectivity index (χ1v) is 5.70. The molecule has 0 amide bonds. The molecule has 15 heavy (non-hydrogen) atoms. The van der Waals surface area contributed by atoms with Gasteiger partial charge in [-0.05, 0) is 24.5 Å². The van der Waals surface area contributed by atoms with Gasteiger partial charge in [0.15, 0.2) is 0 Å². The van der Waals surface area contributed by atoms with Crippen LogP contribution in [0.15, 0.2) is 24.3 Å². The Morgan fingerprint density at radius 2 is 2.27 bits per heavy atom. The normalized spacial score (nSPS) is 21.6. The average Bonchev–Trinajstić information content (AvgIpc) is 2.29. The highest BCUT2D eigenvalue weighted by Gasteiger charge is 2.25. The number of fused-ring (bicyclic) bond motifs is 1. The van der Waals surface area contributed by atoms with Crippen molar-refractivity contribution in [2.45, 2.75) is 32.3 Å². The van der Waals surface area contributed by atoms with Crippen LogP contribution in [0.25, 0.3) is 0 Å². The molecule has 0 saturated heterocycles. The molecule has 0 aromatic heterocycles. The van der Waals surface area contributed by atoms with E-state index in [9.17, 15) is 5.11 Å². The highest BCUT2D eigenvalue weighted by atomic mass is 16.5. The van der Waals surface area contributed by atoms with Gasteiger partial charge in [-0.2, -0.15) is 0 Å². The Hall–Kier alpha value is -1.02. The first-order valence-electron chi connectivity index (χ1n) is 5.70. The van der Waals surface area contributed by atoms with Crippen molar-refractivity contribution in [2.24, 2.45) is 5.92 Å². The Bertz CT molecular complexity index is 322. The lowest BCUT2D eigenvalue weighted by Crippen LogP contribution is -2.31. The lowest BCUT2D eigenvalue weighted by molar-refractivity contribution is 0.0582. The van der Waals surface area contributed by atoms with Gasteiger partial charge >= 0.3 is 0 Å². The molecule has 2 unspecified atom stereocenters. The number of para-hydroxylation sites is 1. The van der Waals surface area contributed by atoms with Crippen LogP contribution in [0.5, 0.6) is 5.75 Å². The molecule has 1 aliphatic heterocycles. The maximum Gasteiger partial charge on any atom is 0.122 e. The Morgan fingerprint density at radius 1 is 1.47 bits per heavy atom. The van der Waals surface area contributed by atoms with Gasteiger partial charge < -0.3 is 9.84 Å². The van der Waals surface area contributed by atoms with Gasteiger partial charge in [0.25, 0.3) is 0 Å². The predicted molar refractivity (Wildman–Crippen MR) is 60.0 cm³/mol. The van der Waals surface area contributed by atoms with Crippen LogP contribution in [-0.4, -0.2) is 17.8 Å². The van der Waals surface area contributed by atoms with Crippen LogP contribution in [0, 0.1) is 5.92 Å². The molecule has 1 heterocycles. The van der Waals surface area contributed by atoms with Crippen LogP contribution in [0.3, 0.4) is 0 Å². The van der Waals surface area contributed by atoms with E-state index in [1.165, 1.54) is 5.56 Å². The maximum atomic E-state index is 9.92. The average molecular weight is 206 g/mol. The summed E-state index contributed by atoms with van der Waals surface area (Å²) < 4.78 is 5.64. The minimum Gasteiger partial charge on any atom is -0.493 e. The Balaban J connectivity index is 2.05. The van der Waals surface area contributed by atoms with Gasteiger partial charge in [0.05, 0.1) is 12.7 Å². The van der Waals surface area contributed by atoms with Gasteiger partial charge in [0.2, 0.25) is 0 Å². The van der Waals surface area contributed by atoms with Crippen LogP contribution in [0.4, 0.5) is 0 Å². The summed E-state index contributed by atoms with van der Waals surface area (Å²) in [5.41, 5.74) is 1.23. The second-order valence-corrected chi connectivity index (χ2v) is 4.24. The number of rotatable bonds is 3. The summed E-state index contributed by atoms with van der Waals surface area (Å²) in [5, 5.41) is 9.92. The van der Waals surface area contributed by atoms with Crippen LogP contribution < -0.4 is 4.74 Å². The van der Waals surface area contributed by atoms with Gasteiger partial charge in [0.1, 0.15) is 5.75 Å². The monoisotopic (exact) mass is 206 g/mol. The fourth-order valence-corrected chi connectivity index (χ4v) is 2.13.